The molecule has 0 radical (unpaired) electrons. The summed E-state index contributed by atoms with van der Waals surface area (Å²) in [6.07, 6.45) is 9.05. The summed E-state index contributed by atoms with van der Waals surface area (Å²) < 4.78 is 22.5. The van der Waals surface area contributed by atoms with Crippen molar-refractivity contribution in [3.63, 3.8) is 0 Å². The quantitative estimate of drug-likeness (QED) is 0.798. The van der Waals surface area contributed by atoms with E-state index in [1.165, 1.54) is 38.4 Å². The molecule has 4 heteroatoms. The number of nitrogens with one attached hydrogen (secondary N) is 1. The van der Waals surface area contributed by atoms with Crippen LogP contribution in [0.25, 0.3) is 0 Å². The fraction of sp³-hybridized carbons (Fsp3) is 1.00. The van der Waals surface area contributed by atoms with Crippen molar-refractivity contribution in [2.75, 3.05) is 12.0 Å². The van der Waals surface area contributed by atoms with Gasteiger partial charge in [-0.25, -0.2) is 8.42 Å². The van der Waals surface area contributed by atoms with E-state index in [1.54, 1.807) is 0 Å². The zero-order chi connectivity index (χ0) is 12.9. The summed E-state index contributed by atoms with van der Waals surface area (Å²) >= 11 is 0. The molecule has 0 amide bonds. The van der Waals surface area contributed by atoms with Gasteiger partial charge < -0.3 is 5.32 Å². The van der Waals surface area contributed by atoms with Crippen LogP contribution in [-0.4, -0.2) is 32.5 Å². The van der Waals surface area contributed by atoms with Gasteiger partial charge in [0, 0.05) is 18.3 Å². The molecule has 0 spiro atoms. The van der Waals surface area contributed by atoms with Gasteiger partial charge in [0.25, 0.3) is 0 Å². The maximum atomic E-state index is 11.2. The second-order valence-electron chi connectivity index (χ2n) is 5.57. The van der Waals surface area contributed by atoms with Crippen LogP contribution in [0, 0.1) is 5.92 Å². The fourth-order valence-corrected chi connectivity index (χ4v) is 4.00. The average molecular weight is 261 g/mol. The van der Waals surface area contributed by atoms with E-state index < -0.39 is 9.84 Å². The van der Waals surface area contributed by atoms with Crippen molar-refractivity contribution < 1.29 is 8.42 Å². The van der Waals surface area contributed by atoms with Crippen LogP contribution in [-0.2, 0) is 9.84 Å². The molecule has 1 aliphatic rings. The molecule has 102 valence electrons. The minimum Gasteiger partial charge on any atom is -0.310 e. The van der Waals surface area contributed by atoms with Crippen molar-refractivity contribution in [1.82, 2.24) is 5.32 Å². The molecule has 1 N–H and O–H groups in total. The summed E-state index contributed by atoms with van der Waals surface area (Å²) in [6, 6.07) is 0.559. The highest BCUT2D eigenvalue weighted by atomic mass is 32.2. The van der Waals surface area contributed by atoms with E-state index in [9.17, 15) is 8.42 Å². The Morgan fingerprint density at radius 2 is 1.82 bits per heavy atom. The molecule has 2 unspecified atom stereocenters. The van der Waals surface area contributed by atoms with E-state index in [0.717, 1.165) is 12.3 Å². The van der Waals surface area contributed by atoms with Crippen LogP contribution in [0.3, 0.4) is 0 Å². The number of sulfone groups is 1. The van der Waals surface area contributed by atoms with Gasteiger partial charge >= 0.3 is 0 Å². The minimum atomic E-state index is -2.87. The molecule has 0 aromatic carbocycles. The first-order valence-corrected chi connectivity index (χ1v) is 8.92. The van der Waals surface area contributed by atoms with Crippen molar-refractivity contribution >= 4 is 9.84 Å². The van der Waals surface area contributed by atoms with Crippen LogP contribution in [0.2, 0.25) is 0 Å². The van der Waals surface area contributed by atoms with Gasteiger partial charge in [-0.1, -0.05) is 26.2 Å². The van der Waals surface area contributed by atoms with Crippen molar-refractivity contribution in [3.8, 4) is 0 Å². The first kappa shape index (κ1) is 15.0. The summed E-state index contributed by atoms with van der Waals surface area (Å²) in [7, 11) is -2.87. The van der Waals surface area contributed by atoms with E-state index in [2.05, 4.69) is 12.2 Å². The van der Waals surface area contributed by atoms with Crippen LogP contribution < -0.4 is 5.32 Å². The van der Waals surface area contributed by atoms with E-state index in [1.807, 2.05) is 6.92 Å². The van der Waals surface area contributed by atoms with Crippen LogP contribution >= 0.6 is 0 Å². The van der Waals surface area contributed by atoms with Gasteiger partial charge in [0.15, 0.2) is 0 Å². The Morgan fingerprint density at radius 1 is 1.24 bits per heavy atom. The minimum absolute atomic E-state index is 0.0666. The van der Waals surface area contributed by atoms with Crippen LogP contribution in [0.4, 0.5) is 0 Å². The lowest BCUT2D eigenvalue weighted by atomic mass is 9.82. The lowest BCUT2D eigenvalue weighted by Gasteiger charge is -2.32. The lowest BCUT2D eigenvalue weighted by molar-refractivity contribution is 0.252. The third kappa shape index (κ3) is 5.87. The van der Waals surface area contributed by atoms with Crippen molar-refractivity contribution in [1.29, 1.82) is 0 Å². The molecule has 1 fully saturated rings. The Hall–Kier alpha value is -0.0900. The summed E-state index contributed by atoms with van der Waals surface area (Å²) in [4.78, 5) is 0. The van der Waals surface area contributed by atoms with Crippen molar-refractivity contribution in [2.45, 2.75) is 64.5 Å². The van der Waals surface area contributed by atoms with E-state index in [0.29, 0.717) is 6.04 Å². The van der Waals surface area contributed by atoms with Gasteiger partial charge in [-0.3, -0.25) is 0 Å². The SMILES string of the molecule is CCC(NC(C)CS(C)(=O)=O)C1CCCCC1. The Morgan fingerprint density at radius 3 is 2.29 bits per heavy atom. The number of rotatable bonds is 6. The summed E-state index contributed by atoms with van der Waals surface area (Å²) in [6.45, 7) is 4.17. The molecule has 3 nitrogen and oxygen atoms in total. The second-order valence-corrected chi connectivity index (χ2v) is 7.76. The topological polar surface area (TPSA) is 46.2 Å². The Labute approximate surface area is 106 Å². The Bertz CT molecular complexity index is 307. The summed E-state index contributed by atoms with van der Waals surface area (Å²) in [5.41, 5.74) is 0. The molecule has 1 saturated carbocycles. The summed E-state index contributed by atoms with van der Waals surface area (Å²) in [5.74, 6) is 0.992. The molecule has 0 aromatic rings. The summed E-state index contributed by atoms with van der Waals surface area (Å²) in [5, 5.41) is 3.51. The third-order valence-electron chi connectivity index (χ3n) is 3.71. The van der Waals surface area contributed by atoms with Gasteiger partial charge in [-0.15, -0.1) is 0 Å². The average Bonchev–Trinajstić information content (AvgIpc) is 2.24. The van der Waals surface area contributed by atoms with Gasteiger partial charge in [0.2, 0.25) is 0 Å². The first-order valence-electron chi connectivity index (χ1n) is 6.86. The molecule has 0 bridgehead atoms. The molecule has 0 saturated heterocycles. The predicted octanol–water partition coefficient (Wildman–Crippen LogP) is 2.37. The van der Waals surface area contributed by atoms with Crippen LogP contribution in [0.15, 0.2) is 0 Å². The van der Waals surface area contributed by atoms with Gasteiger partial charge in [-0.2, -0.15) is 0 Å². The highest BCUT2D eigenvalue weighted by Crippen LogP contribution is 2.27. The molecule has 17 heavy (non-hydrogen) atoms. The Kier molecular flexibility index (Phi) is 5.93. The monoisotopic (exact) mass is 261 g/mol. The smallest absolute Gasteiger partial charge is 0.148 e. The molecular formula is C13H27NO2S. The first-order chi connectivity index (χ1) is 7.92. The zero-order valence-electron chi connectivity index (χ0n) is 11.4. The van der Waals surface area contributed by atoms with Gasteiger partial charge in [0.1, 0.15) is 9.84 Å². The third-order valence-corrected chi connectivity index (χ3v) is 4.82. The second kappa shape index (κ2) is 6.74. The lowest BCUT2D eigenvalue weighted by Crippen LogP contribution is -2.44. The molecule has 0 aromatic heterocycles. The zero-order valence-corrected chi connectivity index (χ0v) is 12.2. The molecule has 2 atom stereocenters. The van der Waals surface area contributed by atoms with Crippen LogP contribution in [0.1, 0.15) is 52.4 Å². The van der Waals surface area contributed by atoms with Crippen molar-refractivity contribution in [2.24, 2.45) is 5.92 Å². The van der Waals surface area contributed by atoms with E-state index in [-0.39, 0.29) is 11.8 Å². The highest BCUT2D eigenvalue weighted by molar-refractivity contribution is 7.90. The van der Waals surface area contributed by atoms with Crippen LogP contribution in [0.5, 0.6) is 0 Å². The number of hydrogen-bond acceptors (Lipinski definition) is 3. The molecule has 1 rings (SSSR count). The molecule has 0 aliphatic heterocycles. The highest BCUT2D eigenvalue weighted by Gasteiger charge is 2.24. The molecule has 1 aliphatic carbocycles. The Balaban J connectivity index is 2.45. The predicted molar refractivity (Wildman–Crippen MR) is 73.0 cm³/mol. The van der Waals surface area contributed by atoms with Gasteiger partial charge in [-0.05, 0) is 32.1 Å². The standard InChI is InChI=1S/C13H27NO2S/c1-4-13(12-8-6-5-7-9-12)14-11(2)10-17(3,15)16/h11-14H,4-10H2,1-3H3. The van der Waals surface area contributed by atoms with Gasteiger partial charge in [0.05, 0.1) is 5.75 Å². The number of hydrogen-bond donors (Lipinski definition) is 1. The largest absolute Gasteiger partial charge is 0.310 e. The van der Waals surface area contributed by atoms with E-state index >= 15 is 0 Å². The molecule has 0 heterocycles. The maximum absolute atomic E-state index is 11.2. The normalized spacial score (nSPS) is 22.3. The maximum Gasteiger partial charge on any atom is 0.148 e. The molecular weight excluding hydrogens is 234 g/mol. The van der Waals surface area contributed by atoms with Crippen molar-refractivity contribution in [3.05, 3.63) is 0 Å². The fourth-order valence-electron chi connectivity index (χ4n) is 2.99. The van der Waals surface area contributed by atoms with E-state index in [4.69, 9.17) is 0 Å².